The number of nitrogens with zero attached hydrogens (tertiary/aromatic N) is 3. The van der Waals surface area contributed by atoms with Crippen molar-refractivity contribution >= 4 is 21.6 Å². The van der Waals surface area contributed by atoms with E-state index in [4.69, 9.17) is 0 Å². The predicted octanol–water partition coefficient (Wildman–Crippen LogP) is 5.46. The fourth-order valence-electron chi connectivity index (χ4n) is 5.42. The molecule has 1 saturated carbocycles. The van der Waals surface area contributed by atoms with Crippen LogP contribution in [0.2, 0.25) is 0 Å². The molecule has 1 aliphatic heterocycles. The monoisotopic (exact) mass is 518 g/mol. The number of urea groups is 1. The summed E-state index contributed by atoms with van der Waals surface area (Å²) in [5.41, 5.74) is 6.04. The molecule has 1 unspecified atom stereocenters. The number of carbonyl (C=O) groups is 1. The molecule has 1 aliphatic carbocycles. The van der Waals surface area contributed by atoms with Crippen LogP contribution in [0.4, 0.5) is 10.5 Å². The lowest BCUT2D eigenvalue weighted by Gasteiger charge is -2.26. The normalized spacial score (nSPS) is 19.2. The molecule has 3 aromatic rings. The van der Waals surface area contributed by atoms with Crippen molar-refractivity contribution in [3.05, 3.63) is 71.8 Å². The second-order valence-corrected chi connectivity index (χ2v) is 13.0. The number of nitrogens with one attached hydrogen (secondary N) is 1. The first-order valence-corrected chi connectivity index (χ1v) is 14.6. The van der Waals surface area contributed by atoms with Crippen LogP contribution >= 0.6 is 0 Å². The van der Waals surface area contributed by atoms with E-state index in [1.54, 1.807) is 37.5 Å². The Balaban J connectivity index is 1.40. The highest BCUT2D eigenvalue weighted by Crippen LogP contribution is 2.54. The number of anilines is 1. The summed E-state index contributed by atoms with van der Waals surface area (Å²) in [4.78, 5) is 24.4. The summed E-state index contributed by atoms with van der Waals surface area (Å²) in [6.07, 6.45) is 5.83. The number of benzene rings is 2. The maximum Gasteiger partial charge on any atom is 0.322 e. The van der Waals surface area contributed by atoms with Crippen LogP contribution in [-0.2, 0) is 21.8 Å². The van der Waals surface area contributed by atoms with Gasteiger partial charge in [-0.05, 0) is 65.6 Å². The molecular weight excluding hydrogens is 484 g/mol. The van der Waals surface area contributed by atoms with E-state index in [1.807, 2.05) is 11.1 Å². The van der Waals surface area contributed by atoms with Gasteiger partial charge in [-0.2, -0.15) is 0 Å². The maximum absolute atomic E-state index is 13.4. The molecular formula is C29H34N4O3S. The molecule has 2 aliphatic rings. The molecule has 2 aromatic carbocycles. The molecule has 0 saturated heterocycles. The van der Waals surface area contributed by atoms with E-state index >= 15 is 0 Å². The quantitative estimate of drug-likeness (QED) is 0.449. The lowest BCUT2D eigenvalue weighted by atomic mass is 9.79. The van der Waals surface area contributed by atoms with Crippen LogP contribution < -0.4 is 10.2 Å². The van der Waals surface area contributed by atoms with E-state index in [0.29, 0.717) is 23.9 Å². The van der Waals surface area contributed by atoms with Crippen molar-refractivity contribution in [3.8, 4) is 11.1 Å². The Kier molecular flexibility index (Phi) is 6.56. The lowest BCUT2D eigenvalue weighted by Crippen LogP contribution is -2.42. The van der Waals surface area contributed by atoms with Crippen LogP contribution in [0.1, 0.15) is 63.3 Å². The first-order chi connectivity index (χ1) is 17.6. The zero-order valence-corrected chi connectivity index (χ0v) is 22.7. The molecule has 0 radical (unpaired) electrons. The molecule has 2 amide bonds. The third kappa shape index (κ3) is 4.75. The smallest absolute Gasteiger partial charge is 0.322 e. The van der Waals surface area contributed by atoms with Crippen molar-refractivity contribution in [2.24, 2.45) is 5.92 Å². The number of amides is 2. The highest BCUT2D eigenvalue weighted by molar-refractivity contribution is 7.91. The highest BCUT2D eigenvalue weighted by atomic mass is 32.2. The van der Waals surface area contributed by atoms with Gasteiger partial charge in [0.15, 0.2) is 9.84 Å². The molecule has 8 heteroatoms. The third-order valence-corrected chi connectivity index (χ3v) is 9.57. The number of sulfone groups is 1. The average molecular weight is 519 g/mol. The third-order valence-electron chi connectivity index (χ3n) is 7.82. The summed E-state index contributed by atoms with van der Waals surface area (Å²) < 4.78 is 24.1. The minimum atomic E-state index is -3.24. The Bertz CT molecular complexity index is 1430. The van der Waals surface area contributed by atoms with Crippen LogP contribution in [0.5, 0.6) is 0 Å². The molecule has 1 fully saturated rings. The van der Waals surface area contributed by atoms with Gasteiger partial charge < -0.3 is 5.32 Å². The minimum Gasteiger partial charge on any atom is -0.334 e. The number of aromatic nitrogens is 2. The molecule has 5 rings (SSSR count). The summed E-state index contributed by atoms with van der Waals surface area (Å²) in [5, 5.41) is 3.04. The summed E-state index contributed by atoms with van der Waals surface area (Å²) in [7, 11) is -3.24. The molecule has 7 nitrogen and oxygen atoms in total. The predicted molar refractivity (Wildman–Crippen MR) is 145 cm³/mol. The summed E-state index contributed by atoms with van der Waals surface area (Å²) >= 11 is 0. The Hall–Kier alpha value is -3.26. The minimum absolute atomic E-state index is 0.0645. The molecule has 2 heterocycles. The molecule has 37 heavy (non-hydrogen) atoms. The van der Waals surface area contributed by atoms with E-state index < -0.39 is 9.84 Å². The lowest BCUT2D eigenvalue weighted by molar-refractivity contribution is 0.244. The van der Waals surface area contributed by atoms with Gasteiger partial charge in [0.2, 0.25) is 0 Å². The van der Waals surface area contributed by atoms with Gasteiger partial charge in [0.1, 0.15) is 6.33 Å². The van der Waals surface area contributed by atoms with Crippen molar-refractivity contribution in [2.45, 2.75) is 63.3 Å². The molecule has 1 atom stereocenters. The van der Waals surface area contributed by atoms with E-state index in [9.17, 15) is 13.2 Å². The molecule has 0 spiro atoms. The van der Waals surface area contributed by atoms with E-state index in [0.717, 1.165) is 28.1 Å². The number of carbonyl (C=O) groups excluding carboxylic acids is 1. The number of rotatable bonds is 7. The van der Waals surface area contributed by atoms with Gasteiger partial charge in [-0.15, -0.1) is 0 Å². The number of hydrogen-bond acceptors (Lipinski definition) is 5. The van der Waals surface area contributed by atoms with Crippen LogP contribution in [0.25, 0.3) is 11.1 Å². The topological polar surface area (TPSA) is 92.3 Å². The van der Waals surface area contributed by atoms with Crippen molar-refractivity contribution in [1.29, 1.82) is 0 Å². The molecule has 1 aromatic heterocycles. The molecule has 0 bridgehead atoms. The van der Waals surface area contributed by atoms with Crippen molar-refractivity contribution in [3.63, 3.8) is 0 Å². The SMILES string of the molecule is CCS(=O)(=O)c1ccc(CNC(=O)N2CC(C)(C3CC3)c3cc(-c4cncnc4C(C)C)ccc32)cc1. The Morgan fingerprint density at radius 3 is 2.54 bits per heavy atom. The Morgan fingerprint density at radius 2 is 1.89 bits per heavy atom. The van der Waals surface area contributed by atoms with Gasteiger partial charge in [-0.25, -0.2) is 23.2 Å². The number of fused-ring (bicyclic) bond motifs is 1. The molecule has 194 valence electrons. The second kappa shape index (κ2) is 9.56. The molecule has 1 N–H and O–H groups in total. The van der Waals surface area contributed by atoms with Gasteiger partial charge in [0, 0.05) is 36.0 Å². The van der Waals surface area contributed by atoms with Crippen molar-refractivity contribution in [2.75, 3.05) is 17.2 Å². The van der Waals surface area contributed by atoms with Gasteiger partial charge in [-0.1, -0.05) is 45.9 Å². The Labute approximate surface area is 219 Å². The van der Waals surface area contributed by atoms with Crippen LogP contribution in [0.3, 0.4) is 0 Å². The average Bonchev–Trinajstić information content (AvgIpc) is 3.72. The summed E-state index contributed by atoms with van der Waals surface area (Å²) in [6.45, 7) is 9.14. The zero-order chi connectivity index (χ0) is 26.4. The van der Waals surface area contributed by atoms with Crippen molar-refractivity contribution < 1.29 is 13.2 Å². The summed E-state index contributed by atoms with van der Waals surface area (Å²) in [5.74, 6) is 0.901. The fraction of sp³-hybridized carbons (Fsp3) is 0.414. The maximum atomic E-state index is 13.4. The summed E-state index contributed by atoms with van der Waals surface area (Å²) in [6, 6.07) is 12.9. The van der Waals surface area contributed by atoms with Gasteiger partial charge in [-0.3, -0.25) is 4.90 Å². The van der Waals surface area contributed by atoms with Gasteiger partial charge >= 0.3 is 6.03 Å². The first kappa shape index (κ1) is 25.4. The van der Waals surface area contributed by atoms with E-state index in [1.165, 1.54) is 18.4 Å². The highest BCUT2D eigenvalue weighted by Gasteiger charge is 2.50. The van der Waals surface area contributed by atoms with Gasteiger partial charge in [0.05, 0.1) is 16.3 Å². The zero-order valence-electron chi connectivity index (χ0n) is 21.9. The number of hydrogen-bond donors (Lipinski definition) is 1. The van der Waals surface area contributed by atoms with Crippen LogP contribution in [0, 0.1) is 5.92 Å². The Morgan fingerprint density at radius 1 is 1.16 bits per heavy atom. The van der Waals surface area contributed by atoms with Gasteiger partial charge in [0.25, 0.3) is 0 Å². The van der Waals surface area contributed by atoms with E-state index in [-0.39, 0.29) is 23.1 Å². The van der Waals surface area contributed by atoms with Crippen LogP contribution in [-0.4, -0.2) is 36.7 Å². The van der Waals surface area contributed by atoms with Crippen LogP contribution in [0.15, 0.2) is 59.9 Å². The standard InChI is InChI=1S/C29H34N4O3S/c1-5-37(35,36)23-11-6-20(7-12-23)15-31-28(34)33-17-29(4,22-9-10-22)25-14-21(8-13-26(25)33)24-16-30-18-32-27(24)19(2)3/h6-8,11-14,16,18-19,22H,5,9-10,15,17H2,1-4H3,(H,31,34). The largest absolute Gasteiger partial charge is 0.334 e. The fourth-order valence-corrected chi connectivity index (χ4v) is 6.31. The van der Waals surface area contributed by atoms with E-state index in [2.05, 4.69) is 54.3 Å². The first-order valence-electron chi connectivity index (χ1n) is 13.0. The second-order valence-electron chi connectivity index (χ2n) is 10.7. The van der Waals surface area contributed by atoms with Crippen molar-refractivity contribution in [1.82, 2.24) is 15.3 Å².